The Morgan fingerprint density at radius 3 is 2.62 bits per heavy atom. The summed E-state index contributed by atoms with van der Waals surface area (Å²) in [5.41, 5.74) is 0.798. The van der Waals surface area contributed by atoms with Crippen molar-refractivity contribution in [3.05, 3.63) is 35.9 Å². The Morgan fingerprint density at radius 1 is 1.27 bits per heavy atom. The number of piperidine rings is 1. The third kappa shape index (κ3) is 3.98. The van der Waals surface area contributed by atoms with Crippen molar-refractivity contribution in [3.63, 3.8) is 0 Å². The molecule has 2 fully saturated rings. The molecule has 7 heteroatoms. The molecule has 2 aliphatic heterocycles. The molecule has 0 saturated carbocycles. The van der Waals surface area contributed by atoms with Crippen LogP contribution in [-0.4, -0.2) is 54.6 Å². The van der Waals surface area contributed by atoms with Crippen LogP contribution in [0.3, 0.4) is 0 Å². The zero-order chi connectivity index (χ0) is 18.6. The molecule has 2 N–H and O–H groups in total. The summed E-state index contributed by atoms with van der Waals surface area (Å²) in [6.45, 7) is 3.00. The number of nitrogens with zero attached hydrogens (tertiary/aromatic N) is 1. The Balaban J connectivity index is 1.53. The van der Waals surface area contributed by atoms with E-state index in [1.54, 1.807) is 11.8 Å². The summed E-state index contributed by atoms with van der Waals surface area (Å²) in [6.07, 6.45) is 2.19. The molecular formula is C19H25N3O4. The lowest BCUT2D eigenvalue weighted by atomic mass is 9.82. The van der Waals surface area contributed by atoms with Crippen LogP contribution in [0.1, 0.15) is 37.7 Å². The number of likely N-dealkylation sites (tertiary alicyclic amines) is 1. The quantitative estimate of drug-likeness (QED) is 0.796. The van der Waals surface area contributed by atoms with Crippen molar-refractivity contribution in [1.29, 1.82) is 0 Å². The van der Waals surface area contributed by atoms with E-state index < -0.39 is 5.97 Å². The fourth-order valence-corrected chi connectivity index (χ4v) is 3.78. The van der Waals surface area contributed by atoms with E-state index in [9.17, 15) is 14.4 Å². The average molecular weight is 359 g/mol. The lowest BCUT2D eigenvalue weighted by molar-refractivity contribution is -0.141. The van der Waals surface area contributed by atoms with Gasteiger partial charge in [-0.2, -0.15) is 0 Å². The number of carbonyl (C=O) groups is 3. The van der Waals surface area contributed by atoms with E-state index in [0.29, 0.717) is 19.7 Å². The van der Waals surface area contributed by atoms with Gasteiger partial charge in [-0.15, -0.1) is 0 Å². The van der Waals surface area contributed by atoms with Crippen LogP contribution in [0.15, 0.2) is 30.3 Å². The SMILES string of the molecule is CCOC(=O)CNC(=O)N1CCC2(CC1)C[C@@H](c1ccccc1)C(=O)N2. The highest BCUT2D eigenvalue weighted by atomic mass is 16.5. The van der Waals surface area contributed by atoms with Crippen molar-refractivity contribution in [1.82, 2.24) is 15.5 Å². The van der Waals surface area contributed by atoms with Gasteiger partial charge in [-0.3, -0.25) is 9.59 Å². The molecule has 1 spiro atoms. The summed E-state index contributed by atoms with van der Waals surface area (Å²) < 4.78 is 4.80. The molecule has 2 heterocycles. The first kappa shape index (κ1) is 18.2. The molecule has 140 valence electrons. The lowest BCUT2D eigenvalue weighted by Gasteiger charge is -2.39. The first-order chi connectivity index (χ1) is 12.5. The number of nitrogens with one attached hydrogen (secondary N) is 2. The number of benzene rings is 1. The van der Waals surface area contributed by atoms with E-state index in [4.69, 9.17) is 4.74 Å². The molecule has 7 nitrogen and oxygen atoms in total. The van der Waals surface area contributed by atoms with Gasteiger partial charge in [-0.1, -0.05) is 30.3 Å². The summed E-state index contributed by atoms with van der Waals surface area (Å²) in [7, 11) is 0. The number of carbonyl (C=O) groups excluding carboxylic acids is 3. The maximum Gasteiger partial charge on any atom is 0.325 e. The zero-order valence-electron chi connectivity index (χ0n) is 15.0. The third-order valence-electron chi connectivity index (χ3n) is 5.20. The Labute approximate surface area is 153 Å². The van der Waals surface area contributed by atoms with E-state index in [2.05, 4.69) is 10.6 Å². The highest BCUT2D eigenvalue weighted by Crippen LogP contribution is 2.39. The number of hydrogen-bond donors (Lipinski definition) is 2. The van der Waals surface area contributed by atoms with Crippen molar-refractivity contribution in [2.75, 3.05) is 26.2 Å². The minimum Gasteiger partial charge on any atom is -0.465 e. The first-order valence-corrected chi connectivity index (χ1v) is 9.08. The van der Waals surface area contributed by atoms with Gasteiger partial charge in [-0.25, -0.2) is 4.79 Å². The molecule has 0 bridgehead atoms. The zero-order valence-corrected chi connectivity index (χ0v) is 15.0. The first-order valence-electron chi connectivity index (χ1n) is 9.08. The van der Waals surface area contributed by atoms with E-state index >= 15 is 0 Å². The number of ether oxygens (including phenoxy) is 1. The normalized spacial score (nSPS) is 21.3. The van der Waals surface area contributed by atoms with Gasteiger partial charge < -0.3 is 20.3 Å². The molecule has 0 unspecified atom stereocenters. The number of hydrogen-bond acceptors (Lipinski definition) is 4. The Morgan fingerprint density at radius 2 is 1.96 bits per heavy atom. The van der Waals surface area contributed by atoms with E-state index in [0.717, 1.165) is 24.8 Å². The monoisotopic (exact) mass is 359 g/mol. The van der Waals surface area contributed by atoms with Gasteiger partial charge >= 0.3 is 12.0 Å². The van der Waals surface area contributed by atoms with Gasteiger partial charge in [0.25, 0.3) is 0 Å². The second kappa shape index (κ2) is 7.76. The third-order valence-corrected chi connectivity index (χ3v) is 5.20. The van der Waals surface area contributed by atoms with Crippen LogP contribution in [0.25, 0.3) is 0 Å². The number of urea groups is 1. The second-order valence-corrected chi connectivity index (χ2v) is 6.89. The summed E-state index contributed by atoms with van der Waals surface area (Å²) in [4.78, 5) is 37.7. The highest BCUT2D eigenvalue weighted by molar-refractivity contribution is 5.87. The fraction of sp³-hybridized carbons (Fsp3) is 0.526. The van der Waals surface area contributed by atoms with Gasteiger partial charge in [0, 0.05) is 18.6 Å². The van der Waals surface area contributed by atoms with Crippen molar-refractivity contribution >= 4 is 17.9 Å². The molecule has 3 rings (SSSR count). The molecule has 3 amide bonds. The Kier molecular flexibility index (Phi) is 5.44. The summed E-state index contributed by atoms with van der Waals surface area (Å²) >= 11 is 0. The van der Waals surface area contributed by atoms with Crippen LogP contribution >= 0.6 is 0 Å². The number of rotatable bonds is 4. The largest absolute Gasteiger partial charge is 0.465 e. The van der Waals surface area contributed by atoms with Crippen molar-refractivity contribution in [3.8, 4) is 0 Å². The van der Waals surface area contributed by atoms with Gasteiger partial charge in [0.05, 0.1) is 12.5 Å². The molecule has 2 aliphatic rings. The lowest BCUT2D eigenvalue weighted by Crippen LogP contribution is -2.54. The van der Waals surface area contributed by atoms with E-state index in [1.165, 1.54) is 0 Å². The van der Waals surface area contributed by atoms with Crippen LogP contribution in [0, 0.1) is 0 Å². The average Bonchev–Trinajstić information content (AvgIpc) is 2.97. The summed E-state index contributed by atoms with van der Waals surface area (Å²) in [5, 5.41) is 5.76. The minimum absolute atomic E-state index is 0.0661. The van der Waals surface area contributed by atoms with Crippen LogP contribution in [0.4, 0.5) is 4.79 Å². The number of esters is 1. The summed E-state index contributed by atoms with van der Waals surface area (Å²) in [5.74, 6) is -0.500. The van der Waals surface area contributed by atoms with Gasteiger partial charge in [0.1, 0.15) is 6.54 Å². The minimum atomic E-state index is -0.442. The Hall–Kier alpha value is -2.57. The van der Waals surface area contributed by atoms with Crippen LogP contribution in [0.5, 0.6) is 0 Å². The molecule has 0 radical (unpaired) electrons. The summed E-state index contributed by atoms with van der Waals surface area (Å²) in [6, 6.07) is 9.55. The van der Waals surface area contributed by atoms with Gasteiger partial charge in [-0.05, 0) is 31.7 Å². The molecular weight excluding hydrogens is 334 g/mol. The van der Waals surface area contributed by atoms with Crippen molar-refractivity contribution in [2.45, 2.75) is 37.6 Å². The standard InChI is InChI=1S/C19H25N3O4/c1-2-26-16(23)13-20-18(25)22-10-8-19(9-11-22)12-15(17(24)21-19)14-6-4-3-5-7-14/h3-7,15H,2,8-13H2,1H3,(H,20,25)(H,21,24)/t15-/m0/s1. The van der Waals surface area contributed by atoms with E-state index in [-0.39, 0.29) is 29.9 Å². The molecule has 1 aromatic carbocycles. The molecule has 1 atom stereocenters. The Bertz CT molecular complexity index is 669. The molecule has 0 aromatic heterocycles. The predicted octanol–water partition coefficient (Wildman–Crippen LogP) is 1.40. The highest BCUT2D eigenvalue weighted by Gasteiger charge is 2.46. The molecule has 0 aliphatic carbocycles. The predicted molar refractivity (Wildman–Crippen MR) is 95.5 cm³/mol. The molecule has 1 aromatic rings. The van der Waals surface area contributed by atoms with Crippen molar-refractivity contribution in [2.24, 2.45) is 0 Å². The van der Waals surface area contributed by atoms with Crippen molar-refractivity contribution < 1.29 is 19.1 Å². The smallest absolute Gasteiger partial charge is 0.325 e. The molecule has 2 saturated heterocycles. The topological polar surface area (TPSA) is 87.7 Å². The van der Waals surface area contributed by atoms with Gasteiger partial charge in [0.15, 0.2) is 0 Å². The number of amides is 3. The van der Waals surface area contributed by atoms with Gasteiger partial charge in [0.2, 0.25) is 5.91 Å². The van der Waals surface area contributed by atoms with Crippen LogP contribution in [-0.2, 0) is 14.3 Å². The van der Waals surface area contributed by atoms with Crippen LogP contribution in [0.2, 0.25) is 0 Å². The maximum absolute atomic E-state index is 12.4. The maximum atomic E-state index is 12.4. The van der Waals surface area contributed by atoms with Crippen LogP contribution < -0.4 is 10.6 Å². The van der Waals surface area contributed by atoms with E-state index in [1.807, 2.05) is 30.3 Å². The molecule has 26 heavy (non-hydrogen) atoms. The second-order valence-electron chi connectivity index (χ2n) is 6.89. The fourth-order valence-electron chi connectivity index (χ4n) is 3.78.